The summed E-state index contributed by atoms with van der Waals surface area (Å²) in [7, 11) is -5.77. The Labute approximate surface area is 152 Å². The Kier molecular flexibility index (Phi) is 4.16. The molecule has 0 aromatic carbocycles. The van der Waals surface area contributed by atoms with Gasteiger partial charge in [0.25, 0.3) is 0 Å². The van der Waals surface area contributed by atoms with Crippen molar-refractivity contribution in [3.63, 3.8) is 0 Å². The first-order valence-corrected chi connectivity index (χ1v) is 9.30. The third-order valence-electron chi connectivity index (χ3n) is 5.25. The van der Waals surface area contributed by atoms with Gasteiger partial charge in [-0.2, -0.15) is 17.2 Å². The minimum Gasteiger partial charge on any atom is -0.458 e. The van der Waals surface area contributed by atoms with Gasteiger partial charge in [0, 0.05) is 24.8 Å². The number of hydrogen-bond acceptors (Lipinski definition) is 8. The van der Waals surface area contributed by atoms with Crippen LogP contribution in [0.4, 0.5) is 8.78 Å². The molecule has 12 heteroatoms. The van der Waals surface area contributed by atoms with Crippen molar-refractivity contribution in [1.82, 2.24) is 0 Å². The molecule has 0 aromatic rings. The third-order valence-corrected chi connectivity index (χ3v) is 6.12. The highest BCUT2D eigenvalue weighted by Gasteiger charge is 2.77. The maximum Gasteiger partial charge on any atom is 0.402 e. The van der Waals surface area contributed by atoms with Crippen molar-refractivity contribution in [2.24, 2.45) is 11.8 Å². The smallest absolute Gasteiger partial charge is 0.402 e. The second-order valence-corrected chi connectivity index (χ2v) is 8.68. The van der Waals surface area contributed by atoms with Gasteiger partial charge in [0.1, 0.15) is 23.0 Å². The Balaban J connectivity index is 1.79. The quantitative estimate of drug-likeness (QED) is 0.289. The minimum absolute atomic E-state index is 0.00385. The molecule has 27 heavy (non-hydrogen) atoms. The van der Waals surface area contributed by atoms with Gasteiger partial charge in [-0.05, 0) is 6.92 Å². The molecule has 4 unspecified atom stereocenters. The van der Waals surface area contributed by atoms with Crippen molar-refractivity contribution in [3.05, 3.63) is 12.2 Å². The van der Waals surface area contributed by atoms with Crippen LogP contribution >= 0.6 is 0 Å². The second-order valence-electron chi connectivity index (χ2n) is 7.13. The summed E-state index contributed by atoms with van der Waals surface area (Å²) in [5.41, 5.74) is -2.62. The molecule has 3 fully saturated rings. The number of rotatable bonds is 6. The number of fused-ring (bicyclic) bond motifs is 3. The van der Waals surface area contributed by atoms with Crippen LogP contribution in [0, 0.1) is 11.8 Å². The van der Waals surface area contributed by atoms with Crippen LogP contribution in [0.2, 0.25) is 0 Å². The summed E-state index contributed by atoms with van der Waals surface area (Å²) in [5.74, 6) is -4.68. The van der Waals surface area contributed by atoms with E-state index in [0.717, 1.165) is 0 Å². The SMILES string of the molecule is C=C(C)C(=O)OC12CC(C(=O)OCC(F)(F)S(=O)(=O)O)C3(CC1C(=O)O3)C2. The van der Waals surface area contributed by atoms with Crippen molar-refractivity contribution in [3.8, 4) is 0 Å². The number of esters is 3. The lowest BCUT2D eigenvalue weighted by molar-refractivity contribution is -0.175. The predicted octanol–water partition coefficient (Wildman–Crippen LogP) is 0.594. The Bertz CT molecular complexity index is 851. The first kappa shape index (κ1) is 19.7. The van der Waals surface area contributed by atoms with E-state index in [1.165, 1.54) is 6.92 Å². The fourth-order valence-electron chi connectivity index (χ4n) is 4.01. The molecular formula is C15H16F2O9S. The van der Waals surface area contributed by atoms with Crippen LogP contribution in [0.25, 0.3) is 0 Å². The van der Waals surface area contributed by atoms with Crippen LogP contribution in [-0.2, 0) is 38.7 Å². The molecule has 3 rings (SSSR count). The summed E-state index contributed by atoms with van der Waals surface area (Å²) in [4.78, 5) is 36.2. The van der Waals surface area contributed by atoms with Crippen molar-refractivity contribution >= 4 is 28.0 Å². The van der Waals surface area contributed by atoms with Gasteiger partial charge in [-0.15, -0.1) is 0 Å². The van der Waals surface area contributed by atoms with Gasteiger partial charge in [0.05, 0.1) is 0 Å². The van der Waals surface area contributed by atoms with Gasteiger partial charge in [-0.3, -0.25) is 14.1 Å². The zero-order chi connectivity index (χ0) is 20.4. The van der Waals surface area contributed by atoms with Gasteiger partial charge in [-0.1, -0.05) is 6.58 Å². The molecule has 1 aliphatic heterocycles. The highest BCUT2D eigenvalue weighted by Crippen LogP contribution is 2.65. The number of ether oxygens (including phenoxy) is 3. The molecule has 1 N–H and O–H groups in total. The molecule has 3 bridgehead atoms. The fraction of sp³-hybridized carbons (Fsp3) is 0.667. The first-order chi connectivity index (χ1) is 12.2. The molecule has 2 aliphatic carbocycles. The molecule has 0 radical (unpaired) electrons. The van der Waals surface area contributed by atoms with E-state index in [2.05, 4.69) is 11.3 Å². The number of alkyl halides is 2. The monoisotopic (exact) mass is 410 g/mol. The molecule has 0 amide bonds. The number of carbonyl (C=O) groups excluding carboxylic acids is 3. The summed E-state index contributed by atoms with van der Waals surface area (Å²) < 4.78 is 71.2. The molecular weight excluding hydrogens is 394 g/mol. The van der Waals surface area contributed by atoms with Crippen LogP contribution in [0.3, 0.4) is 0 Å². The molecule has 1 heterocycles. The molecule has 2 saturated carbocycles. The summed E-state index contributed by atoms with van der Waals surface area (Å²) in [6, 6.07) is 0. The highest BCUT2D eigenvalue weighted by atomic mass is 32.2. The average Bonchev–Trinajstić information content (AvgIpc) is 3.11. The van der Waals surface area contributed by atoms with Crippen molar-refractivity contribution in [2.45, 2.75) is 42.6 Å². The fourth-order valence-corrected chi connectivity index (χ4v) is 4.22. The molecule has 1 spiro atoms. The normalized spacial score (nSPS) is 34.3. The first-order valence-electron chi connectivity index (χ1n) is 7.86. The average molecular weight is 410 g/mol. The largest absolute Gasteiger partial charge is 0.458 e. The lowest BCUT2D eigenvalue weighted by Gasteiger charge is -2.32. The van der Waals surface area contributed by atoms with E-state index in [1.54, 1.807) is 0 Å². The highest BCUT2D eigenvalue weighted by molar-refractivity contribution is 7.86. The zero-order valence-corrected chi connectivity index (χ0v) is 14.9. The van der Waals surface area contributed by atoms with Crippen molar-refractivity contribution < 1.29 is 50.3 Å². The molecule has 3 aliphatic rings. The van der Waals surface area contributed by atoms with Gasteiger partial charge < -0.3 is 14.2 Å². The molecule has 9 nitrogen and oxygen atoms in total. The Morgan fingerprint density at radius 1 is 1.41 bits per heavy atom. The molecule has 0 aromatic heterocycles. The van der Waals surface area contributed by atoms with Crippen LogP contribution < -0.4 is 0 Å². The zero-order valence-electron chi connectivity index (χ0n) is 14.1. The number of halogens is 2. The third kappa shape index (κ3) is 2.90. The van der Waals surface area contributed by atoms with E-state index < -0.39 is 62.9 Å². The standard InChI is InChI=1S/C15H16F2O9S/c1-7(2)10(18)25-14-3-8(13(5-14)4-9(14)12(20)26-13)11(19)24-6-15(16,17)27(21,22)23/h8-9H,1,3-6H2,2H3,(H,21,22,23). The summed E-state index contributed by atoms with van der Waals surface area (Å²) in [5, 5.41) is -4.68. The van der Waals surface area contributed by atoms with Crippen LogP contribution in [0.1, 0.15) is 26.2 Å². The van der Waals surface area contributed by atoms with E-state index in [-0.39, 0.29) is 24.8 Å². The van der Waals surface area contributed by atoms with Gasteiger partial charge in [0.2, 0.25) is 0 Å². The van der Waals surface area contributed by atoms with E-state index in [9.17, 15) is 31.6 Å². The van der Waals surface area contributed by atoms with Crippen LogP contribution in [0.15, 0.2) is 12.2 Å². The summed E-state index contributed by atoms with van der Waals surface area (Å²) in [6.45, 7) is 2.95. The number of hydrogen-bond donors (Lipinski definition) is 1. The Hall–Kier alpha value is -2.08. The van der Waals surface area contributed by atoms with E-state index in [1.807, 2.05) is 0 Å². The Morgan fingerprint density at radius 3 is 2.59 bits per heavy atom. The van der Waals surface area contributed by atoms with Crippen LogP contribution in [0.5, 0.6) is 0 Å². The Morgan fingerprint density at radius 2 is 2.04 bits per heavy atom. The number of carbonyl (C=O) groups is 3. The summed E-state index contributed by atoms with van der Waals surface area (Å²) in [6.07, 6.45) is -0.146. The van der Waals surface area contributed by atoms with Gasteiger partial charge in [0.15, 0.2) is 6.61 Å². The molecule has 1 saturated heterocycles. The lowest BCUT2D eigenvalue weighted by atomic mass is 9.80. The van der Waals surface area contributed by atoms with Gasteiger partial charge in [-0.25, -0.2) is 4.79 Å². The van der Waals surface area contributed by atoms with E-state index in [0.29, 0.717) is 0 Å². The molecule has 4 atom stereocenters. The maximum absolute atomic E-state index is 13.3. The lowest BCUT2D eigenvalue weighted by Crippen LogP contribution is -2.43. The van der Waals surface area contributed by atoms with Crippen LogP contribution in [-0.4, -0.2) is 53.9 Å². The minimum atomic E-state index is -5.77. The second kappa shape index (κ2) is 5.71. The van der Waals surface area contributed by atoms with Gasteiger partial charge >= 0.3 is 33.3 Å². The topological polar surface area (TPSA) is 133 Å². The maximum atomic E-state index is 13.3. The van der Waals surface area contributed by atoms with E-state index >= 15 is 0 Å². The predicted molar refractivity (Wildman–Crippen MR) is 80.7 cm³/mol. The van der Waals surface area contributed by atoms with Crippen molar-refractivity contribution in [2.75, 3.05) is 6.61 Å². The summed E-state index contributed by atoms with van der Waals surface area (Å²) >= 11 is 0. The molecule has 150 valence electrons. The van der Waals surface area contributed by atoms with E-state index in [4.69, 9.17) is 14.0 Å². The van der Waals surface area contributed by atoms with Crippen molar-refractivity contribution in [1.29, 1.82) is 0 Å².